The molecule has 3 aromatic carbocycles. The maximum absolute atomic E-state index is 13.4. The van der Waals surface area contributed by atoms with E-state index in [0.717, 1.165) is 21.1 Å². The zero-order valence-corrected chi connectivity index (χ0v) is 24.1. The molecule has 1 N–H and O–H groups in total. The number of carbonyl (C=O) groups is 2. The third-order valence-corrected chi connectivity index (χ3v) is 7.20. The fourth-order valence-corrected chi connectivity index (χ4v) is 5.18. The molecule has 1 fully saturated rings. The van der Waals surface area contributed by atoms with Crippen molar-refractivity contribution < 1.29 is 23.8 Å². The first-order valence-electron chi connectivity index (χ1n) is 12.9. The molecule has 0 unspecified atom stereocenters. The van der Waals surface area contributed by atoms with Gasteiger partial charge in [-0.3, -0.25) is 9.69 Å². The summed E-state index contributed by atoms with van der Waals surface area (Å²) in [6, 6.07) is 25.6. The highest BCUT2D eigenvalue weighted by atomic mass is 32.2. The zero-order chi connectivity index (χ0) is 28.3. The predicted molar refractivity (Wildman–Crippen MR) is 153 cm³/mol. The van der Waals surface area contributed by atoms with Crippen LogP contribution < -0.4 is 10.1 Å². The van der Waals surface area contributed by atoms with E-state index in [1.54, 1.807) is 53.3 Å². The van der Waals surface area contributed by atoms with Crippen molar-refractivity contribution in [1.29, 1.82) is 0 Å². The van der Waals surface area contributed by atoms with Crippen molar-refractivity contribution in [1.82, 2.24) is 4.90 Å². The summed E-state index contributed by atoms with van der Waals surface area (Å²) < 4.78 is 17.4. The van der Waals surface area contributed by atoms with Gasteiger partial charge in [0.25, 0.3) is 5.91 Å². The molecule has 0 aliphatic carbocycles. The lowest BCUT2D eigenvalue weighted by Crippen LogP contribution is -2.60. The lowest BCUT2D eigenvalue weighted by molar-refractivity contribution is -0.127. The maximum Gasteiger partial charge on any atom is 0.413 e. The SMILES string of the molecule is CC(C)(C)OC(=O)N1C(C)(C)OC[C@@]1(C)C(=O)Nc1ccc(Sc2cccc(OCc3ccccc3)c2)cc1. The minimum Gasteiger partial charge on any atom is -0.489 e. The van der Waals surface area contributed by atoms with Gasteiger partial charge in [0.2, 0.25) is 0 Å². The van der Waals surface area contributed by atoms with E-state index in [2.05, 4.69) is 5.32 Å². The summed E-state index contributed by atoms with van der Waals surface area (Å²) in [5.41, 5.74) is -1.19. The lowest BCUT2D eigenvalue weighted by atomic mass is 9.99. The molecule has 0 radical (unpaired) electrons. The van der Waals surface area contributed by atoms with Crippen LogP contribution in [-0.4, -0.2) is 40.4 Å². The van der Waals surface area contributed by atoms with E-state index in [0.29, 0.717) is 12.3 Å². The van der Waals surface area contributed by atoms with Crippen molar-refractivity contribution in [3.8, 4) is 5.75 Å². The van der Waals surface area contributed by atoms with Crippen LogP contribution in [0.4, 0.5) is 10.5 Å². The van der Waals surface area contributed by atoms with Crippen LogP contribution in [-0.2, 0) is 20.9 Å². The van der Waals surface area contributed by atoms with Gasteiger partial charge in [0, 0.05) is 15.5 Å². The van der Waals surface area contributed by atoms with Crippen LogP contribution in [0.2, 0.25) is 0 Å². The van der Waals surface area contributed by atoms with Gasteiger partial charge in [-0.2, -0.15) is 0 Å². The molecule has 1 aliphatic heterocycles. The highest BCUT2D eigenvalue weighted by molar-refractivity contribution is 7.99. The van der Waals surface area contributed by atoms with Gasteiger partial charge in [0.15, 0.2) is 0 Å². The van der Waals surface area contributed by atoms with Crippen LogP contribution in [0.5, 0.6) is 5.75 Å². The highest BCUT2D eigenvalue weighted by Gasteiger charge is 2.57. The zero-order valence-electron chi connectivity index (χ0n) is 23.3. The molecule has 4 rings (SSSR count). The fraction of sp³-hybridized carbons (Fsp3) is 0.355. The van der Waals surface area contributed by atoms with Crippen LogP contribution in [0.1, 0.15) is 47.1 Å². The van der Waals surface area contributed by atoms with Crippen molar-refractivity contribution >= 4 is 29.4 Å². The molecular weight excluding hydrogens is 512 g/mol. The van der Waals surface area contributed by atoms with Crippen molar-refractivity contribution in [2.45, 2.75) is 74.8 Å². The molecule has 1 aliphatic rings. The third-order valence-electron chi connectivity index (χ3n) is 6.21. The number of hydrogen-bond acceptors (Lipinski definition) is 6. The van der Waals surface area contributed by atoms with E-state index < -0.39 is 23.0 Å². The highest BCUT2D eigenvalue weighted by Crippen LogP contribution is 2.37. The van der Waals surface area contributed by atoms with E-state index in [1.807, 2.05) is 78.9 Å². The summed E-state index contributed by atoms with van der Waals surface area (Å²) >= 11 is 1.60. The van der Waals surface area contributed by atoms with Gasteiger partial charge in [-0.1, -0.05) is 48.2 Å². The summed E-state index contributed by atoms with van der Waals surface area (Å²) in [6.45, 7) is 11.1. The summed E-state index contributed by atoms with van der Waals surface area (Å²) in [4.78, 5) is 29.9. The lowest BCUT2D eigenvalue weighted by Gasteiger charge is -2.39. The van der Waals surface area contributed by atoms with Crippen LogP contribution >= 0.6 is 11.8 Å². The molecule has 0 bridgehead atoms. The minimum absolute atomic E-state index is 0.0572. The topological polar surface area (TPSA) is 77.1 Å². The van der Waals surface area contributed by atoms with Crippen LogP contribution in [0.25, 0.3) is 0 Å². The molecule has 39 heavy (non-hydrogen) atoms. The molecule has 1 atom stereocenters. The van der Waals surface area contributed by atoms with Crippen molar-refractivity contribution in [3.05, 3.63) is 84.4 Å². The van der Waals surface area contributed by atoms with Crippen molar-refractivity contribution in [3.63, 3.8) is 0 Å². The first-order valence-corrected chi connectivity index (χ1v) is 13.7. The number of benzene rings is 3. The Bertz CT molecular complexity index is 1300. The Kier molecular flexibility index (Phi) is 8.28. The monoisotopic (exact) mass is 548 g/mol. The Morgan fingerprint density at radius 3 is 2.31 bits per heavy atom. The number of nitrogens with zero attached hydrogens (tertiary/aromatic N) is 1. The number of carbonyl (C=O) groups excluding carboxylic acids is 2. The molecule has 2 amide bonds. The average molecular weight is 549 g/mol. The summed E-state index contributed by atoms with van der Waals surface area (Å²) in [7, 11) is 0. The van der Waals surface area contributed by atoms with Gasteiger partial charge in [-0.25, -0.2) is 4.79 Å². The summed E-state index contributed by atoms with van der Waals surface area (Å²) in [6.07, 6.45) is -0.593. The Hall–Kier alpha value is -3.49. The second-order valence-electron chi connectivity index (χ2n) is 11.2. The standard InChI is InChI=1S/C31H36N2O5S/c1-29(2,3)38-28(35)33-30(4,5)37-21-31(33,6)27(34)32-23-15-17-25(18-16-23)39-26-14-10-13-24(19-26)36-20-22-11-8-7-9-12-22/h7-19H,20-21H2,1-6H3,(H,32,34)/t31-/m0/s1. The number of amides is 2. The molecular formula is C31H36N2O5S. The van der Waals surface area contributed by atoms with Gasteiger partial charge in [0.1, 0.15) is 29.2 Å². The van der Waals surface area contributed by atoms with Gasteiger partial charge < -0.3 is 19.5 Å². The summed E-state index contributed by atoms with van der Waals surface area (Å²) in [5.74, 6) is 0.458. The van der Waals surface area contributed by atoms with Gasteiger partial charge >= 0.3 is 6.09 Å². The van der Waals surface area contributed by atoms with Gasteiger partial charge in [-0.05, 0) is 89.6 Å². The first kappa shape index (κ1) is 28.5. The third kappa shape index (κ3) is 7.13. The molecule has 0 saturated carbocycles. The Balaban J connectivity index is 1.40. The van der Waals surface area contributed by atoms with E-state index in [-0.39, 0.29) is 12.5 Å². The van der Waals surface area contributed by atoms with E-state index in [4.69, 9.17) is 14.2 Å². The van der Waals surface area contributed by atoms with E-state index in [1.165, 1.54) is 4.90 Å². The number of anilines is 1. The number of hydrogen-bond donors (Lipinski definition) is 1. The number of rotatable bonds is 7. The van der Waals surface area contributed by atoms with Crippen molar-refractivity contribution in [2.24, 2.45) is 0 Å². The Morgan fingerprint density at radius 1 is 0.949 bits per heavy atom. The summed E-state index contributed by atoms with van der Waals surface area (Å²) in [5, 5.41) is 2.94. The van der Waals surface area contributed by atoms with E-state index >= 15 is 0 Å². The second-order valence-corrected chi connectivity index (χ2v) is 12.3. The Morgan fingerprint density at radius 2 is 1.64 bits per heavy atom. The molecule has 206 valence electrons. The fourth-order valence-electron chi connectivity index (χ4n) is 4.31. The molecule has 0 aromatic heterocycles. The number of nitrogens with one attached hydrogen (secondary N) is 1. The number of ether oxygens (including phenoxy) is 3. The molecule has 8 heteroatoms. The quantitative estimate of drug-likeness (QED) is 0.339. The van der Waals surface area contributed by atoms with Gasteiger partial charge in [0.05, 0.1) is 6.61 Å². The van der Waals surface area contributed by atoms with E-state index in [9.17, 15) is 9.59 Å². The maximum atomic E-state index is 13.4. The average Bonchev–Trinajstić information content (AvgIpc) is 3.13. The van der Waals surface area contributed by atoms with Crippen LogP contribution in [0, 0.1) is 0 Å². The van der Waals surface area contributed by atoms with Crippen LogP contribution in [0.15, 0.2) is 88.7 Å². The largest absolute Gasteiger partial charge is 0.489 e. The van der Waals surface area contributed by atoms with Gasteiger partial charge in [-0.15, -0.1) is 0 Å². The Labute approximate surface area is 234 Å². The molecule has 3 aromatic rings. The van der Waals surface area contributed by atoms with Crippen molar-refractivity contribution in [2.75, 3.05) is 11.9 Å². The smallest absolute Gasteiger partial charge is 0.413 e. The second kappa shape index (κ2) is 11.3. The van der Waals surface area contributed by atoms with Crippen LogP contribution in [0.3, 0.4) is 0 Å². The normalized spacial score (nSPS) is 18.5. The minimum atomic E-state index is -1.24. The molecule has 7 nitrogen and oxygen atoms in total. The molecule has 1 heterocycles. The first-order chi connectivity index (χ1) is 18.4. The molecule has 0 spiro atoms. The molecule has 1 saturated heterocycles. The predicted octanol–water partition coefficient (Wildman–Crippen LogP) is 7.12.